The van der Waals surface area contributed by atoms with Gasteiger partial charge in [0.05, 0.1) is 16.5 Å². The van der Waals surface area contributed by atoms with Crippen molar-refractivity contribution < 1.29 is 4.42 Å². The van der Waals surface area contributed by atoms with Gasteiger partial charge in [0, 0.05) is 5.69 Å². The molecule has 0 aliphatic carbocycles. The summed E-state index contributed by atoms with van der Waals surface area (Å²) in [6.07, 6.45) is 0. The third-order valence-electron chi connectivity index (χ3n) is 3.56. The van der Waals surface area contributed by atoms with Gasteiger partial charge in [0.2, 0.25) is 11.9 Å². The number of thiazole rings is 1. The maximum atomic E-state index is 5.81. The summed E-state index contributed by atoms with van der Waals surface area (Å²) in [5, 5.41) is 12.7. The zero-order valence-corrected chi connectivity index (χ0v) is 16.7. The van der Waals surface area contributed by atoms with Crippen LogP contribution in [0.15, 0.2) is 40.0 Å². The van der Waals surface area contributed by atoms with Crippen LogP contribution in [0.1, 0.15) is 16.5 Å². The third-order valence-corrected chi connectivity index (χ3v) is 5.43. The summed E-state index contributed by atoms with van der Waals surface area (Å²) < 4.78 is 5.73. The highest BCUT2D eigenvalue weighted by molar-refractivity contribution is 7.98. The highest BCUT2D eigenvalue weighted by atomic mass is 32.2. The summed E-state index contributed by atoms with van der Waals surface area (Å²) in [5.74, 6) is 1.92. The summed E-state index contributed by atoms with van der Waals surface area (Å²) in [6.45, 7) is 3.87. The van der Waals surface area contributed by atoms with E-state index in [-0.39, 0.29) is 5.95 Å². The first kappa shape index (κ1) is 18.3. The first-order chi connectivity index (χ1) is 13.6. The summed E-state index contributed by atoms with van der Waals surface area (Å²) >= 11 is 2.86. The average Bonchev–Trinajstić information content (AvgIpc) is 3.26. The minimum atomic E-state index is 0.144. The maximum Gasteiger partial charge on any atom is 0.277 e. The Bertz CT molecular complexity index is 1100. The average molecular weight is 413 g/mol. The monoisotopic (exact) mass is 412 g/mol. The third kappa shape index (κ3) is 4.26. The Hall–Kier alpha value is -3.05. The Balaban J connectivity index is 1.46. The van der Waals surface area contributed by atoms with Crippen LogP contribution < -0.4 is 11.1 Å². The van der Waals surface area contributed by atoms with Crippen molar-refractivity contribution in [3.63, 3.8) is 0 Å². The maximum absolute atomic E-state index is 5.81. The Morgan fingerprint density at radius 3 is 2.64 bits per heavy atom. The van der Waals surface area contributed by atoms with Crippen molar-refractivity contribution in [3.05, 3.63) is 46.9 Å². The molecule has 28 heavy (non-hydrogen) atoms. The van der Waals surface area contributed by atoms with E-state index in [1.54, 1.807) is 0 Å². The van der Waals surface area contributed by atoms with Gasteiger partial charge in [0.15, 0.2) is 0 Å². The standard InChI is InChI=1S/C17H16N8OS2/c1-9-13(28-10(2)19-9)14-24-25-17(26-14)27-8-12-21-15(18)23-16(22-12)20-11-6-4-3-5-7-11/h3-7H,8H2,1-2H3,(H3,18,20,21,22,23). The molecule has 3 N–H and O–H groups in total. The van der Waals surface area contributed by atoms with Gasteiger partial charge in [-0.2, -0.15) is 15.0 Å². The highest BCUT2D eigenvalue weighted by Gasteiger charge is 2.16. The molecule has 142 valence electrons. The van der Waals surface area contributed by atoms with E-state index in [2.05, 4.69) is 35.5 Å². The summed E-state index contributed by atoms with van der Waals surface area (Å²) in [5.41, 5.74) is 7.56. The Morgan fingerprint density at radius 1 is 1.07 bits per heavy atom. The first-order valence-corrected chi connectivity index (χ1v) is 10.1. The number of nitrogens with zero attached hydrogens (tertiary/aromatic N) is 6. The van der Waals surface area contributed by atoms with Crippen molar-refractivity contribution >= 4 is 40.7 Å². The molecule has 4 rings (SSSR count). The molecule has 0 spiro atoms. The van der Waals surface area contributed by atoms with E-state index in [9.17, 15) is 0 Å². The lowest BCUT2D eigenvalue weighted by molar-refractivity contribution is 0.466. The Kier molecular flexibility index (Phi) is 5.17. The van der Waals surface area contributed by atoms with Crippen LogP contribution in [0.5, 0.6) is 0 Å². The number of nitrogens with two attached hydrogens (primary N) is 1. The van der Waals surface area contributed by atoms with Crippen molar-refractivity contribution in [2.45, 2.75) is 24.8 Å². The molecular formula is C17H16N8OS2. The first-order valence-electron chi connectivity index (χ1n) is 8.30. The van der Waals surface area contributed by atoms with Crippen LogP contribution in [-0.2, 0) is 5.75 Å². The lowest BCUT2D eigenvalue weighted by Gasteiger charge is -2.06. The second-order valence-corrected chi connectivity index (χ2v) is 7.86. The molecule has 0 bridgehead atoms. The molecule has 3 heterocycles. The number of nitrogen functional groups attached to an aromatic ring is 1. The van der Waals surface area contributed by atoms with E-state index in [1.165, 1.54) is 23.1 Å². The van der Waals surface area contributed by atoms with Crippen LogP contribution >= 0.6 is 23.1 Å². The fourth-order valence-corrected chi connectivity index (χ4v) is 3.88. The molecule has 0 atom stereocenters. The lowest BCUT2D eigenvalue weighted by Crippen LogP contribution is -2.06. The van der Waals surface area contributed by atoms with E-state index in [0.717, 1.165) is 21.3 Å². The number of aryl methyl sites for hydroxylation is 2. The van der Waals surface area contributed by atoms with Gasteiger partial charge in [-0.1, -0.05) is 30.0 Å². The van der Waals surface area contributed by atoms with Crippen molar-refractivity contribution in [1.29, 1.82) is 0 Å². The van der Waals surface area contributed by atoms with E-state index in [1.807, 2.05) is 44.2 Å². The fraction of sp³-hybridized carbons (Fsp3) is 0.176. The Morgan fingerprint density at radius 2 is 1.89 bits per heavy atom. The number of aromatic nitrogens is 6. The highest BCUT2D eigenvalue weighted by Crippen LogP contribution is 2.31. The number of rotatable bonds is 6. The molecule has 1 aromatic carbocycles. The summed E-state index contributed by atoms with van der Waals surface area (Å²) in [7, 11) is 0. The van der Waals surface area contributed by atoms with Crippen molar-refractivity contribution in [2.24, 2.45) is 0 Å². The van der Waals surface area contributed by atoms with Crippen LogP contribution in [0.4, 0.5) is 17.6 Å². The summed E-state index contributed by atoms with van der Waals surface area (Å²) in [4.78, 5) is 17.9. The van der Waals surface area contributed by atoms with Gasteiger partial charge in [0.25, 0.3) is 11.1 Å². The number of nitrogens with one attached hydrogen (secondary N) is 1. The minimum absolute atomic E-state index is 0.144. The van der Waals surface area contributed by atoms with E-state index in [0.29, 0.717) is 28.6 Å². The number of anilines is 3. The summed E-state index contributed by atoms with van der Waals surface area (Å²) in [6, 6.07) is 9.60. The predicted molar refractivity (Wildman–Crippen MR) is 108 cm³/mol. The molecular weight excluding hydrogens is 396 g/mol. The van der Waals surface area contributed by atoms with Crippen LogP contribution in [0.3, 0.4) is 0 Å². The van der Waals surface area contributed by atoms with Gasteiger partial charge in [-0.3, -0.25) is 0 Å². The SMILES string of the molecule is Cc1nc(C)c(-c2nnc(SCc3nc(N)nc(Nc4ccccc4)n3)o2)s1. The van der Waals surface area contributed by atoms with Gasteiger partial charge in [0.1, 0.15) is 10.7 Å². The number of hydrogen-bond acceptors (Lipinski definition) is 11. The smallest absolute Gasteiger partial charge is 0.277 e. The van der Waals surface area contributed by atoms with Crippen LogP contribution in [0, 0.1) is 13.8 Å². The number of thioether (sulfide) groups is 1. The van der Waals surface area contributed by atoms with Gasteiger partial charge in [-0.15, -0.1) is 21.5 Å². The van der Waals surface area contributed by atoms with Gasteiger partial charge in [-0.25, -0.2) is 4.98 Å². The number of hydrogen-bond donors (Lipinski definition) is 2. The molecule has 11 heteroatoms. The molecule has 0 aliphatic rings. The lowest BCUT2D eigenvalue weighted by atomic mass is 10.3. The van der Waals surface area contributed by atoms with Crippen molar-refractivity contribution in [2.75, 3.05) is 11.1 Å². The molecule has 4 aromatic rings. The van der Waals surface area contributed by atoms with E-state index < -0.39 is 0 Å². The molecule has 0 saturated carbocycles. The van der Waals surface area contributed by atoms with Crippen LogP contribution in [0.25, 0.3) is 10.8 Å². The molecule has 0 fully saturated rings. The van der Waals surface area contributed by atoms with Gasteiger partial charge in [-0.05, 0) is 26.0 Å². The quantitative estimate of drug-likeness (QED) is 0.453. The zero-order chi connectivity index (χ0) is 19.5. The molecule has 3 aromatic heterocycles. The molecule has 9 nitrogen and oxygen atoms in total. The number of para-hydroxylation sites is 1. The normalized spacial score (nSPS) is 10.9. The number of benzene rings is 1. The van der Waals surface area contributed by atoms with Gasteiger partial charge < -0.3 is 15.5 Å². The zero-order valence-electron chi connectivity index (χ0n) is 15.1. The second-order valence-electron chi connectivity index (χ2n) is 5.73. The molecule has 0 unspecified atom stereocenters. The molecule has 0 radical (unpaired) electrons. The predicted octanol–water partition coefficient (Wildman–Crippen LogP) is 3.61. The fourth-order valence-electron chi connectivity index (χ4n) is 2.42. The van der Waals surface area contributed by atoms with E-state index >= 15 is 0 Å². The van der Waals surface area contributed by atoms with Crippen molar-refractivity contribution in [3.8, 4) is 10.8 Å². The van der Waals surface area contributed by atoms with Crippen molar-refractivity contribution in [1.82, 2.24) is 30.1 Å². The van der Waals surface area contributed by atoms with Crippen LogP contribution in [0.2, 0.25) is 0 Å². The largest absolute Gasteiger partial charge is 0.410 e. The topological polar surface area (TPSA) is 129 Å². The molecule has 0 amide bonds. The molecule has 0 saturated heterocycles. The van der Waals surface area contributed by atoms with Crippen LogP contribution in [-0.4, -0.2) is 30.1 Å². The van der Waals surface area contributed by atoms with E-state index in [4.69, 9.17) is 10.2 Å². The van der Waals surface area contributed by atoms with Gasteiger partial charge >= 0.3 is 0 Å². The second kappa shape index (κ2) is 7.90. The minimum Gasteiger partial charge on any atom is -0.410 e. The Labute approximate surface area is 168 Å². The molecule has 0 aliphatic heterocycles.